The second kappa shape index (κ2) is 8.76. The summed E-state index contributed by atoms with van der Waals surface area (Å²) in [6.45, 7) is 3.28. The average molecular weight is 453 g/mol. The second-order valence-electron chi connectivity index (χ2n) is 7.81. The van der Waals surface area contributed by atoms with Crippen LogP contribution >= 0.6 is 11.3 Å². The minimum atomic E-state index is -0.698. The standard InChI is InChI=1S/C23H24N4O4S/c1-2-30-22(28)19-15(25-23(29)26-20(19)17-9-6-12-31-17)13-27-11-5-8-16(27)21-24-14-7-3-4-10-18(14)32-21/h3-4,6-7,9-10,12,16,20H,2,5,8,11,13H2,1H3,(H2,25,26,29)/t16-,20+/m1/s1. The molecule has 32 heavy (non-hydrogen) atoms. The number of urea groups is 1. The third-order valence-electron chi connectivity index (χ3n) is 5.80. The number of fused-ring (bicyclic) bond motifs is 1. The fourth-order valence-corrected chi connectivity index (χ4v) is 5.53. The molecule has 166 valence electrons. The van der Waals surface area contributed by atoms with Crippen molar-refractivity contribution in [1.29, 1.82) is 0 Å². The van der Waals surface area contributed by atoms with E-state index in [4.69, 9.17) is 14.1 Å². The molecule has 0 spiro atoms. The summed E-state index contributed by atoms with van der Waals surface area (Å²) in [7, 11) is 0. The molecule has 1 saturated heterocycles. The number of hydrogen-bond donors (Lipinski definition) is 2. The van der Waals surface area contributed by atoms with Crippen LogP contribution in [-0.2, 0) is 9.53 Å². The first-order valence-electron chi connectivity index (χ1n) is 10.7. The van der Waals surface area contributed by atoms with Crippen molar-refractivity contribution in [2.75, 3.05) is 19.7 Å². The van der Waals surface area contributed by atoms with Crippen molar-refractivity contribution < 1.29 is 18.7 Å². The first kappa shape index (κ1) is 20.7. The maximum atomic E-state index is 12.9. The predicted molar refractivity (Wildman–Crippen MR) is 120 cm³/mol. The fourth-order valence-electron chi connectivity index (χ4n) is 4.39. The largest absolute Gasteiger partial charge is 0.467 e. The maximum Gasteiger partial charge on any atom is 0.338 e. The third-order valence-corrected chi connectivity index (χ3v) is 6.93. The highest BCUT2D eigenvalue weighted by atomic mass is 32.1. The molecule has 2 atom stereocenters. The molecule has 5 rings (SSSR count). The van der Waals surface area contributed by atoms with Gasteiger partial charge in [0.25, 0.3) is 0 Å². The van der Waals surface area contributed by atoms with Crippen LogP contribution < -0.4 is 10.6 Å². The summed E-state index contributed by atoms with van der Waals surface area (Å²) in [5.41, 5.74) is 1.91. The fraction of sp³-hybridized carbons (Fsp3) is 0.348. The Hall–Kier alpha value is -3.17. The summed E-state index contributed by atoms with van der Waals surface area (Å²) in [5, 5.41) is 6.70. The molecule has 4 heterocycles. The molecule has 2 N–H and O–H groups in total. The zero-order chi connectivity index (χ0) is 22.1. The van der Waals surface area contributed by atoms with Gasteiger partial charge in [-0.1, -0.05) is 12.1 Å². The molecule has 1 aromatic carbocycles. The molecule has 0 radical (unpaired) electrons. The monoisotopic (exact) mass is 452 g/mol. The van der Waals surface area contributed by atoms with Crippen LogP contribution in [0.15, 0.2) is 58.3 Å². The van der Waals surface area contributed by atoms with Crippen molar-refractivity contribution in [2.24, 2.45) is 0 Å². The molecule has 2 amide bonds. The van der Waals surface area contributed by atoms with Gasteiger partial charge in [0, 0.05) is 12.2 Å². The Morgan fingerprint density at radius 2 is 2.19 bits per heavy atom. The van der Waals surface area contributed by atoms with Crippen LogP contribution in [0.25, 0.3) is 10.2 Å². The topological polar surface area (TPSA) is 96.7 Å². The lowest BCUT2D eigenvalue weighted by Gasteiger charge is -2.31. The van der Waals surface area contributed by atoms with Gasteiger partial charge in [-0.15, -0.1) is 11.3 Å². The number of para-hydroxylation sites is 1. The van der Waals surface area contributed by atoms with E-state index in [0.717, 1.165) is 34.6 Å². The highest BCUT2D eigenvalue weighted by Gasteiger charge is 2.37. The normalized spacial score (nSPS) is 21.6. The predicted octanol–water partition coefficient (Wildman–Crippen LogP) is 3.90. The molecule has 1 fully saturated rings. The highest BCUT2D eigenvalue weighted by molar-refractivity contribution is 7.18. The zero-order valence-electron chi connectivity index (χ0n) is 17.7. The number of hydrogen-bond acceptors (Lipinski definition) is 7. The van der Waals surface area contributed by atoms with Gasteiger partial charge in [-0.3, -0.25) is 4.90 Å². The van der Waals surface area contributed by atoms with Crippen LogP contribution in [0.4, 0.5) is 4.79 Å². The van der Waals surface area contributed by atoms with Gasteiger partial charge in [0.1, 0.15) is 16.8 Å². The molecule has 9 heteroatoms. The van der Waals surface area contributed by atoms with E-state index in [1.165, 1.54) is 6.26 Å². The van der Waals surface area contributed by atoms with E-state index >= 15 is 0 Å². The van der Waals surface area contributed by atoms with Gasteiger partial charge in [0.2, 0.25) is 0 Å². The minimum absolute atomic E-state index is 0.136. The van der Waals surface area contributed by atoms with Gasteiger partial charge in [-0.05, 0) is 50.6 Å². The van der Waals surface area contributed by atoms with E-state index in [-0.39, 0.29) is 18.7 Å². The first-order chi connectivity index (χ1) is 15.6. The number of likely N-dealkylation sites (tertiary alicyclic amines) is 1. The Bertz CT molecular complexity index is 1140. The molecule has 0 unspecified atom stereocenters. The molecule has 0 bridgehead atoms. The number of benzene rings is 1. The Morgan fingerprint density at radius 1 is 1.31 bits per heavy atom. The molecule has 2 aliphatic rings. The van der Waals surface area contributed by atoms with Gasteiger partial charge in [-0.2, -0.15) is 0 Å². The molecular formula is C23H24N4O4S. The summed E-state index contributed by atoms with van der Waals surface area (Å²) in [4.78, 5) is 32.5. The Labute approximate surface area is 189 Å². The van der Waals surface area contributed by atoms with Gasteiger partial charge in [-0.25, -0.2) is 14.6 Å². The number of esters is 1. The molecule has 3 aromatic rings. The average Bonchev–Trinajstić information content (AvgIpc) is 3.53. The van der Waals surface area contributed by atoms with Crippen molar-refractivity contribution in [3.8, 4) is 0 Å². The van der Waals surface area contributed by atoms with Gasteiger partial charge in [0.05, 0.1) is 34.7 Å². The number of ether oxygens (including phenoxy) is 1. The summed E-state index contributed by atoms with van der Waals surface area (Å²) in [6, 6.07) is 10.7. The van der Waals surface area contributed by atoms with Crippen LogP contribution in [0.3, 0.4) is 0 Å². The summed E-state index contributed by atoms with van der Waals surface area (Å²) in [5.74, 6) is 0.0247. The Balaban J connectivity index is 1.49. The number of furan rings is 1. The van der Waals surface area contributed by atoms with E-state index in [1.54, 1.807) is 30.4 Å². The number of amides is 2. The van der Waals surface area contributed by atoms with E-state index < -0.39 is 12.0 Å². The number of rotatable bonds is 6. The number of aromatic nitrogens is 1. The number of thiazole rings is 1. The lowest BCUT2D eigenvalue weighted by molar-refractivity contribution is -0.139. The van der Waals surface area contributed by atoms with Crippen LogP contribution in [0.2, 0.25) is 0 Å². The van der Waals surface area contributed by atoms with Crippen LogP contribution in [0, 0.1) is 0 Å². The maximum absolute atomic E-state index is 12.9. The quantitative estimate of drug-likeness (QED) is 0.551. The molecule has 0 saturated carbocycles. The van der Waals surface area contributed by atoms with E-state index in [9.17, 15) is 9.59 Å². The van der Waals surface area contributed by atoms with Crippen molar-refractivity contribution in [2.45, 2.75) is 31.8 Å². The van der Waals surface area contributed by atoms with Crippen LogP contribution in [-0.4, -0.2) is 41.6 Å². The summed E-state index contributed by atoms with van der Waals surface area (Å²) in [6.07, 6.45) is 3.53. The van der Waals surface area contributed by atoms with E-state index in [0.29, 0.717) is 23.6 Å². The van der Waals surface area contributed by atoms with E-state index in [2.05, 4.69) is 21.6 Å². The van der Waals surface area contributed by atoms with Gasteiger partial charge < -0.3 is 19.8 Å². The molecule has 2 aromatic heterocycles. The van der Waals surface area contributed by atoms with Crippen LogP contribution in [0.5, 0.6) is 0 Å². The van der Waals surface area contributed by atoms with Crippen molar-refractivity contribution in [3.63, 3.8) is 0 Å². The minimum Gasteiger partial charge on any atom is -0.467 e. The lowest BCUT2D eigenvalue weighted by Crippen LogP contribution is -2.48. The van der Waals surface area contributed by atoms with Gasteiger partial charge >= 0.3 is 12.0 Å². The summed E-state index contributed by atoms with van der Waals surface area (Å²) >= 11 is 1.70. The van der Waals surface area contributed by atoms with E-state index in [1.807, 2.05) is 18.2 Å². The SMILES string of the molecule is CCOC(=O)C1=C(CN2CCC[C@@H]2c2nc3ccccc3s2)NC(=O)N[C@H]1c1ccco1. The third kappa shape index (κ3) is 3.89. The highest BCUT2D eigenvalue weighted by Crippen LogP contribution is 2.37. The smallest absolute Gasteiger partial charge is 0.338 e. The molecule has 2 aliphatic heterocycles. The van der Waals surface area contributed by atoms with Crippen LogP contribution in [0.1, 0.15) is 42.6 Å². The van der Waals surface area contributed by atoms with Crippen molar-refractivity contribution >= 4 is 33.6 Å². The molecule has 0 aliphatic carbocycles. The number of carbonyl (C=O) groups is 2. The van der Waals surface area contributed by atoms with Crippen molar-refractivity contribution in [3.05, 3.63) is 64.7 Å². The Kier molecular flexibility index (Phi) is 5.67. The molecular weight excluding hydrogens is 428 g/mol. The number of carbonyl (C=O) groups excluding carboxylic acids is 2. The Morgan fingerprint density at radius 3 is 2.97 bits per heavy atom. The lowest BCUT2D eigenvalue weighted by atomic mass is 9.99. The number of nitrogens with one attached hydrogen (secondary N) is 2. The van der Waals surface area contributed by atoms with Crippen molar-refractivity contribution in [1.82, 2.24) is 20.5 Å². The summed E-state index contributed by atoms with van der Waals surface area (Å²) < 4.78 is 12.0. The number of nitrogens with zero attached hydrogens (tertiary/aromatic N) is 2. The molecule has 8 nitrogen and oxygen atoms in total. The zero-order valence-corrected chi connectivity index (χ0v) is 18.5. The first-order valence-corrected chi connectivity index (χ1v) is 11.6. The second-order valence-corrected chi connectivity index (χ2v) is 8.87. The van der Waals surface area contributed by atoms with Gasteiger partial charge in [0.15, 0.2) is 0 Å².